The van der Waals surface area contributed by atoms with Gasteiger partial charge in [-0.25, -0.2) is 9.48 Å². The first-order chi connectivity index (χ1) is 16.4. The van der Waals surface area contributed by atoms with Crippen LogP contribution in [-0.2, 0) is 16.1 Å². The standard InChI is InChI=1S/C25H27BrN4O4/c1-5-10-33-24(31)21-16(3)29-25-27-14-28-30(25)22(21)18-11-19(26)23(20(12-18)32-4)34-13-17-9-7-6-8-15(17)2/h6-9,11-12,14,22H,5,10,13H2,1-4H3,(H,27,28,29). The molecule has 0 aliphatic carbocycles. The molecular formula is C25H27BrN4O4. The number of nitrogens with zero attached hydrogens (tertiary/aromatic N) is 3. The van der Waals surface area contributed by atoms with Crippen molar-refractivity contribution < 1.29 is 19.0 Å². The third-order valence-electron chi connectivity index (χ3n) is 5.65. The molecule has 0 saturated carbocycles. The number of aryl methyl sites for hydroxylation is 1. The van der Waals surface area contributed by atoms with Crippen LogP contribution < -0.4 is 14.8 Å². The van der Waals surface area contributed by atoms with Gasteiger partial charge in [-0.1, -0.05) is 31.2 Å². The van der Waals surface area contributed by atoms with Crippen LogP contribution in [0.15, 0.2) is 58.5 Å². The molecule has 1 N–H and O–H groups in total. The number of methoxy groups -OCH3 is 1. The first-order valence-corrected chi connectivity index (χ1v) is 11.8. The minimum Gasteiger partial charge on any atom is -0.493 e. The number of benzene rings is 2. The summed E-state index contributed by atoms with van der Waals surface area (Å²) in [4.78, 5) is 17.3. The van der Waals surface area contributed by atoms with Crippen molar-refractivity contribution in [2.75, 3.05) is 19.0 Å². The molecule has 0 amide bonds. The molecule has 1 unspecified atom stereocenters. The van der Waals surface area contributed by atoms with Gasteiger partial charge in [-0.2, -0.15) is 10.1 Å². The molecule has 1 aliphatic rings. The van der Waals surface area contributed by atoms with Gasteiger partial charge in [-0.15, -0.1) is 0 Å². The number of anilines is 1. The lowest BCUT2D eigenvalue weighted by Gasteiger charge is -2.29. The van der Waals surface area contributed by atoms with E-state index in [1.807, 2.05) is 44.2 Å². The first-order valence-electron chi connectivity index (χ1n) is 11.0. The number of aromatic nitrogens is 3. The van der Waals surface area contributed by atoms with Gasteiger partial charge in [0.05, 0.1) is 23.8 Å². The largest absolute Gasteiger partial charge is 0.493 e. The number of esters is 1. The van der Waals surface area contributed by atoms with Crippen molar-refractivity contribution in [3.05, 3.63) is 75.2 Å². The van der Waals surface area contributed by atoms with E-state index < -0.39 is 12.0 Å². The lowest BCUT2D eigenvalue weighted by molar-refractivity contribution is -0.139. The van der Waals surface area contributed by atoms with E-state index in [9.17, 15) is 4.79 Å². The average Bonchev–Trinajstić information content (AvgIpc) is 3.29. The van der Waals surface area contributed by atoms with E-state index in [0.29, 0.717) is 46.4 Å². The fourth-order valence-corrected chi connectivity index (χ4v) is 4.47. The Kier molecular flexibility index (Phi) is 7.21. The average molecular weight is 527 g/mol. The fraction of sp³-hybridized carbons (Fsp3) is 0.320. The number of fused-ring (bicyclic) bond motifs is 1. The van der Waals surface area contributed by atoms with Crippen LogP contribution in [0.4, 0.5) is 5.95 Å². The van der Waals surface area contributed by atoms with Crippen LogP contribution in [-0.4, -0.2) is 34.5 Å². The number of ether oxygens (including phenoxy) is 3. The summed E-state index contributed by atoms with van der Waals surface area (Å²) in [6, 6.07) is 11.3. The number of rotatable bonds is 8. The van der Waals surface area contributed by atoms with Crippen molar-refractivity contribution in [3.8, 4) is 11.5 Å². The number of hydrogen-bond donors (Lipinski definition) is 1. The van der Waals surface area contributed by atoms with Crippen LogP contribution in [0, 0.1) is 6.92 Å². The number of nitrogens with one attached hydrogen (secondary N) is 1. The summed E-state index contributed by atoms with van der Waals surface area (Å²) in [5, 5.41) is 7.51. The molecule has 1 atom stereocenters. The van der Waals surface area contributed by atoms with Crippen molar-refractivity contribution in [1.29, 1.82) is 0 Å². The molecule has 178 valence electrons. The minimum atomic E-state index is -0.543. The highest BCUT2D eigenvalue weighted by Crippen LogP contribution is 2.43. The summed E-state index contributed by atoms with van der Waals surface area (Å²) in [6.07, 6.45) is 2.19. The van der Waals surface area contributed by atoms with E-state index in [0.717, 1.165) is 23.1 Å². The first kappa shape index (κ1) is 23.8. The van der Waals surface area contributed by atoms with Gasteiger partial charge in [0.15, 0.2) is 11.5 Å². The Balaban J connectivity index is 1.73. The summed E-state index contributed by atoms with van der Waals surface area (Å²) in [6.45, 7) is 6.58. The van der Waals surface area contributed by atoms with Crippen LogP contribution in [0.1, 0.15) is 43.0 Å². The predicted molar refractivity (Wildman–Crippen MR) is 132 cm³/mol. The van der Waals surface area contributed by atoms with E-state index in [1.165, 1.54) is 6.33 Å². The Morgan fingerprint density at radius 2 is 2.03 bits per heavy atom. The van der Waals surface area contributed by atoms with Gasteiger partial charge in [0, 0.05) is 5.70 Å². The Labute approximate surface area is 207 Å². The zero-order valence-corrected chi connectivity index (χ0v) is 21.2. The second kappa shape index (κ2) is 10.3. The zero-order chi connectivity index (χ0) is 24.2. The topological polar surface area (TPSA) is 87.5 Å². The predicted octanol–water partition coefficient (Wildman–Crippen LogP) is 5.18. The van der Waals surface area contributed by atoms with Crippen molar-refractivity contribution in [1.82, 2.24) is 14.8 Å². The third kappa shape index (κ3) is 4.65. The molecule has 0 bridgehead atoms. The lowest BCUT2D eigenvalue weighted by atomic mass is 9.95. The Morgan fingerprint density at radius 1 is 1.24 bits per heavy atom. The second-order valence-electron chi connectivity index (χ2n) is 7.98. The number of hydrogen-bond acceptors (Lipinski definition) is 7. The normalized spacial score (nSPS) is 14.9. The summed E-state index contributed by atoms with van der Waals surface area (Å²) in [5.41, 5.74) is 4.16. The monoisotopic (exact) mass is 526 g/mol. The van der Waals surface area contributed by atoms with E-state index in [-0.39, 0.29) is 0 Å². The number of carbonyl (C=O) groups excluding carboxylic acids is 1. The molecule has 2 aromatic carbocycles. The van der Waals surface area contributed by atoms with E-state index in [4.69, 9.17) is 14.2 Å². The van der Waals surface area contributed by atoms with Crippen molar-refractivity contribution in [2.24, 2.45) is 0 Å². The van der Waals surface area contributed by atoms with Gasteiger partial charge in [-0.3, -0.25) is 0 Å². The Morgan fingerprint density at radius 3 is 2.76 bits per heavy atom. The molecule has 1 aromatic heterocycles. The molecule has 3 aromatic rings. The van der Waals surface area contributed by atoms with Crippen molar-refractivity contribution in [2.45, 2.75) is 39.8 Å². The minimum absolute atomic E-state index is 0.339. The van der Waals surface area contributed by atoms with Crippen LogP contribution in [0.2, 0.25) is 0 Å². The quantitative estimate of drug-likeness (QED) is 0.404. The van der Waals surface area contributed by atoms with Crippen molar-refractivity contribution >= 4 is 27.8 Å². The molecule has 2 heterocycles. The van der Waals surface area contributed by atoms with Gasteiger partial charge in [-0.05, 0) is 65.0 Å². The van der Waals surface area contributed by atoms with Crippen LogP contribution >= 0.6 is 15.9 Å². The molecule has 4 rings (SSSR count). The number of allylic oxidation sites excluding steroid dienone is 1. The second-order valence-corrected chi connectivity index (χ2v) is 8.83. The molecule has 34 heavy (non-hydrogen) atoms. The maximum absolute atomic E-state index is 13.0. The van der Waals surface area contributed by atoms with E-state index in [2.05, 4.69) is 44.3 Å². The summed E-state index contributed by atoms with van der Waals surface area (Å²) in [5.74, 6) is 1.27. The smallest absolute Gasteiger partial charge is 0.338 e. The molecule has 1 aliphatic heterocycles. The zero-order valence-electron chi connectivity index (χ0n) is 19.6. The van der Waals surface area contributed by atoms with Gasteiger partial charge >= 0.3 is 5.97 Å². The van der Waals surface area contributed by atoms with Crippen molar-refractivity contribution in [3.63, 3.8) is 0 Å². The van der Waals surface area contributed by atoms with Crippen LogP contribution in [0.3, 0.4) is 0 Å². The van der Waals surface area contributed by atoms with Gasteiger partial charge in [0.1, 0.15) is 19.0 Å². The summed E-state index contributed by atoms with van der Waals surface area (Å²) < 4.78 is 19.7. The molecule has 0 saturated heterocycles. The summed E-state index contributed by atoms with van der Waals surface area (Å²) in [7, 11) is 1.59. The van der Waals surface area contributed by atoms with Gasteiger partial charge in [0.2, 0.25) is 5.95 Å². The molecular weight excluding hydrogens is 500 g/mol. The third-order valence-corrected chi connectivity index (χ3v) is 6.24. The highest BCUT2D eigenvalue weighted by atomic mass is 79.9. The van der Waals surface area contributed by atoms with Gasteiger partial charge in [0.25, 0.3) is 0 Å². The molecule has 8 nitrogen and oxygen atoms in total. The maximum atomic E-state index is 13.0. The fourth-order valence-electron chi connectivity index (χ4n) is 3.90. The molecule has 0 spiro atoms. The lowest BCUT2D eigenvalue weighted by Crippen LogP contribution is -2.29. The molecule has 0 radical (unpaired) electrons. The highest BCUT2D eigenvalue weighted by Gasteiger charge is 2.35. The van der Waals surface area contributed by atoms with E-state index >= 15 is 0 Å². The Hall–Kier alpha value is -3.33. The van der Waals surface area contributed by atoms with E-state index in [1.54, 1.807) is 11.8 Å². The summed E-state index contributed by atoms with van der Waals surface area (Å²) >= 11 is 3.64. The maximum Gasteiger partial charge on any atom is 0.338 e. The number of halogens is 1. The van der Waals surface area contributed by atoms with Gasteiger partial charge < -0.3 is 19.5 Å². The highest BCUT2D eigenvalue weighted by molar-refractivity contribution is 9.10. The molecule has 0 fully saturated rings. The van der Waals surface area contributed by atoms with Crippen LogP contribution in [0.25, 0.3) is 0 Å². The molecule has 9 heteroatoms. The van der Waals surface area contributed by atoms with Crippen LogP contribution in [0.5, 0.6) is 11.5 Å². The number of carbonyl (C=O) groups is 1. The Bertz CT molecular complexity index is 1240. The SMILES string of the molecule is CCCOC(=O)C1=C(C)Nc2ncnn2C1c1cc(Br)c(OCc2ccccc2C)c(OC)c1.